The highest BCUT2D eigenvalue weighted by Crippen LogP contribution is 2.23. The van der Waals surface area contributed by atoms with Gasteiger partial charge >= 0.3 is 0 Å². The number of fused-ring (bicyclic) bond motifs is 1. The summed E-state index contributed by atoms with van der Waals surface area (Å²) >= 11 is 0. The number of nitrogens with two attached hydrogens (primary N) is 1. The zero-order chi connectivity index (χ0) is 15.0. The van der Waals surface area contributed by atoms with Crippen molar-refractivity contribution in [2.45, 2.75) is 0 Å². The lowest BCUT2D eigenvalue weighted by Crippen LogP contribution is -2.43. The van der Waals surface area contributed by atoms with Crippen molar-refractivity contribution in [2.75, 3.05) is 30.3 Å². The number of sulfone groups is 1. The van der Waals surface area contributed by atoms with Gasteiger partial charge in [0.05, 0.1) is 17.1 Å². The molecule has 0 spiro atoms. The van der Waals surface area contributed by atoms with E-state index in [1.165, 1.54) is 6.20 Å². The Kier molecular flexibility index (Phi) is 3.29. The maximum atomic E-state index is 12.6. The lowest BCUT2D eigenvalue weighted by Gasteiger charge is -2.27. The Bertz CT molecular complexity index is 803. The fourth-order valence-electron chi connectivity index (χ4n) is 2.47. The fraction of sp³-hybridized carbons (Fsp3) is 0.286. The summed E-state index contributed by atoms with van der Waals surface area (Å²) in [5, 5.41) is 1.47. The van der Waals surface area contributed by atoms with Crippen molar-refractivity contribution in [1.82, 2.24) is 9.88 Å². The second kappa shape index (κ2) is 5.00. The zero-order valence-electron chi connectivity index (χ0n) is 11.3. The number of rotatable bonds is 1. The van der Waals surface area contributed by atoms with Crippen LogP contribution in [0, 0.1) is 0 Å². The first-order chi connectivity index (χ1) is 9.98. The van der Waals surface area contributed by atoms with Crippen LogP contribution in [0.3, 0.4) is 0 Å². The number of carbonyl (C=O) groups excluding carboxylic acids is 1. The van der Waals surface area contributed by atoms with Crippen molar-refractivity contribution in [3.05, 3.63) is 36.0 Å². The molecule has 2 aromatic rings. The van der Waals surface area contributed by atoms with Gasteiger partial charge in [-0.25, -0.2) is 13.4 Å². The Labute approximate surface area is 122 Å². The molecule has 0 radical (unpaired) electrons. The number of hydrogen-bond acceptors (Lipinski definition) is 5. The zero-order valence-corrected chi connectivity index (χ0v) is 12.1. The Morgan fingerprint density at radius 2 is 1.76 bits per heavy atom. The van der Waals surface area contributed by atoms with Gasteiger partial charge in [-0.3, -0.25) is 4.79 Å². The van der Waals surface area contributed by atoms with Crippen molar-refractivity contribution in [3.63, 3.8) is 0 Å². The Balaban J connectivity index is 1.98. The molecule has 1 fully saturated rings. The molecule has 0 unspecified atom stereocenters. The van der Waals surface area contributed by atoms with Crippen LogP contribution in [0.5, 0.6) is 0 Å². The van der Waals surface area contributed by atoms with Crippen LogP contribution in [0.2, 0.25) is 0 Å². The first-order valence-electron chi connectivity index (χ1n) is 6.61. The molecule has 6 nitrogen and oxygen atoms in total. The van der Waals surface area contributed by atoms with Gasteiger partial charge in [-0.1, -0.05) is 24.3 Å². The van der Waals surface area contributed by atoms with Gasteiger partial charge in [0.25, 0.3) is 5.91 Å². The lowest BCUT2D eigenvalue weighted by atomic mass is 10.1. The summed E-state index contributed by atoms with van der Waals surface area (Å²) < 4.78 is 22.9. The summed E-state index contributed by atoms with van der Waals surface area (Å²) in [5.74, 6) is 0.204. The average Bonchev–Trinajstić information content (AvgIpc) is 2.47. The molecule has 110 valence electrons. The van der Waals surface area contributed by atoms with E-state index in [4.69, 9.17) is 5.73 Å². The van der Waals surface area contributed by atoms with Gasteiger partial charge in [0.2, 0.25) is 0 Å². The lowest BCUT2D eigenvalue weighted by molar-refractivity contribution is 0.0772. The molecule has 1 aliphatic rings. The van der Waals surface area contributed by atoms with Crippen molar-refractivity contribution in [2.24, 2.45) is 0 Å². The molecule has 1 saturated heterocycles. The number of hydrogen-bond donors (Lipinski definition) is 1. The van der Waals surface area contributed by atoms with Crippen molar-refractivity contribution in [3.8, 4) is 0 Å². The number of carbonyl (C=O) groups is 1. The minimum Gasteiger partial charge on any atom is -0.383 e. The standard InChI is InChI=1S/C14H15N3O3S/c15-13-11-4-2-1-3-10(11)12(9-16-13)14(18)17-5-7-21(19,20)8-6-17/h1-4,9H,5-8H2,(H2,15,16). The van der Waals surface area contributed by atoms with E-state index in [1.807, 2.05) is 24.3 Å². The molecule has 2 N–H and O–H groups in total. The van der Waals surface area contributed by atoms with Crippen LogP contribution in [0.25, 0.3) is 10.8 Å². The second-order valence-corrected chi connectivity index (χ2v) is 7.35. The third kappa shape index (κ3) is 2.56. The highest BCUT2D eigenvalue weighted by molar-refractivity contribution is 7.91. The Morgan fingerprint density at radius 3 is 2.43 bits per heavy atom. The van der Waals surface area contributed by atoms with E-state index in [0.29, 0.717) is 11.4 Å². The number of pyridine rings is 1. The number of amides is 1. The SMILES string of the molecule is Nc1ncc(C(=O)N2CCS(=O)(=O)CC2)c2ccccc12. The van der Waals surface area contributed by atoms with Crippen molar-refractivity contribution >= 4 is 32.3 Å². The Hall–Kier alpha value is -2.15. The maximum absolute atomic E-state index is 12.6. The van der Waals surface area contributed by atoms with Crippen LogP contribution in [0.1, 0.15) is 10.4 Å². The molecule has 1 aromatic heterocycles. The summed E-state index contributed by atoms with van der Waals surface area (Å²) in [7, 11) is -3.01. The highest BCUT2D eigenvalue weighted by Gasteiger charge is 2.26. The van der Waals surface area contributed by atoms with E-state index in [-0.39, 0.29) is 30.5 Å². The molecule has 21 heavy (non-hydrogen) atoms. The fourth-order valence-corrected chi connectivity index (χ4v) is 3.67. The predicted octanol–water partition coefficient (Wildman–Crippen LogP) is 0.688. The van der Waals surface area contributed by atoms with Crippen LogP contribution >= 0.6 is 0 Å². The number of nitrogen functional groups attached to an aromatic ring is 1. The van der Waals surface area contributed by atoms with E-state index in [9.17, 15) is 13.2 Å². The highest BCUT2D eigenvalue weighted by atomic mass is 32.2. The molecular formula is C14H15N3O3S. The van der Waals surface area contributed by atoms with Crippen LogP contribution in [-0.2, 0) is 9.84 Å². The number of aromatic nitrogens is 1. The van der Waals surface area contributed by atoms with Gasteiger partial charge in [-0.05, 0) is 5.39 Å². The first kappa shape index (κ1) is 13.8. The maximum Gasteiger partial charge on any atom is 0.256 e. The molecule has 1 aromatic carbocycles. The van der Waals surface area contributed by atoms with Crippen LogP contribution < -0.4 is 5.73 Å². The minimum atomic E-state index is -3.01. The van der Waals surface area contributed by atoms with E-state index in [1.54, 1.807) is 4.90 Å². The molecule has 0 aliphatic carbocycles. The summed E-state index contributed by atoms with van der Waals surface area (Å²) in [4.78, 5) is 18.2. The Morgan fingerprint density at radius 1 is 1.14 bits per heavy atom. The topological polar surface area (TPSA) is 93.4 Å². The van der Waals surface area contributed by atoms with Crippen LogP contribution in [0.4, 0.5) is 5.82 Å². The van der Waals surface area contributed by atoms with E-state index in [2.05, 4.69) is 4.98 Å². The minimum absolute atomic E-state index is 0.0130. The summed E-state index contributed by atoms with van der Waals surface area (Å²) in [5.41, 5.74) is 6.28. The molecule has 1 amide bonds. The van der Waals surface area contributed by atoms with Gasteiger partial charge < -0.3 is 10.6 Å². The van der Waals surface area contributed by atoms with Crippen molar-refractivity contribution < 1.29 is 13.2 Å². The third-order valence-corrected chi connectivity index (χ3v) is 5.30. The van der Waals surface area contributed by atoms with Crippen molar-refractivity contribution in [1.29, 1.82) is 0 Å². The number of anilines is 1. The first-order valence-corrected chi connectivity index (χ1v) is 8.43. The largest absolute Gasteiger partial charge is 0.383 e. The monoisotopic (exact) mass is 305 g/mol. The van der Waals surface area contributed by atoms with Gasteiger partial charge in [0.15, 0.2) is 9.84 Å². The average molecular weight is 305 g/mol. The molecule has 0 saturated carbocycles. The third-order valence-electron chi connectivity index (χ3n) is 3.69. The predicted molar refractivity (Wildman–Crippen MR) is 80.7 cm³/mol. The van der Waals surface area contributed by atoms with E-state index >= 15 is 0 Å². The molecule has 1 aliphatic heterocycles. The molecule has 7 heteroatoms. The van der Waals surface area contributed by atoms with Crippen LogP contribution in [-0.4, -0.2) is 48.8 Å². The molecule has 3 rings (SSSR count). The van der Waals surface area contributed by atoms with E-state index in [0.717, 1.165) is 10.8 Å². The summed E-state index contributed by atoms with van der Waals surface area (Å²) in [6.07, 6.45) is 1.46. The number of nitrogens with zero attached hydrogens (tertiary/aromatic N) is 2. The number of benzene rings is 1. The molecular weight excluding hydrogens is 290 g/mol. The summed E-state index contributed by atoms with van der Waals surface area (Å²) in [6, 6.07) is 7.30. The smallest absolute Gasteiger partial charge is 0.256 e. The molecule has 2 heterocycles. The normalized spacial score (nSPS) is 17.8. The molecule has 0 bridgehead atoms. The van der Waals surface area contributed by atoms with Gasteiger partial charge in [-0.15, -0.1) is 0 Å². The van der Waals surface area contributed by atoms with Crippen LogP contribution in [0.15, 0.2) is 30.5 Å². The van der Waals surface area contributed by atoms with Gasteiger partial charge in [0, 0.05) is 24.7 Å². The quantitative estimate of drug-likeness (QED) is 0.836. The molecule has 0 atom stereocenters. The summed E-state index contributed by atoms with van der Waals surface area (Å²) in [6.45, 7) is 0.444. The van der Waals surface area contributed by atoms with E-state index < -0.39 is 9.84 Å². The second-order valence-electron chi connectivity index (χ2n) is 5.05. The van der Waals surface area contributed by atoms with Gasteiger partial charge in [-0.2, -0.15) is 0 Å². The van der Waals surface area contributed by atoms with Gasteiger partial charge in [0.1, 0.15) is 5.82 Å².